The van der Waals surface area contributed by atoms with Crippen molar-refractivity contribution >= 4 is 55.5 Å². The number of nitrogens with one attached hydrogen (secondary N) is 1. The second kappa shape index (κ2) is 10.9. The van der Waals surface area contributed by atoms with E-state index in [2.05, 4.69) is 26.3 Å². The van der Waals surface area contributed by atoms with Crippen molar-refractivity contribution in [2.75, 3.05) is 5.32 Å². The molecule has 198 valence electrons. The van der Waals surface area contributed by atoms with Gasteiger partial charge in [0.1, 0.15) is 18.2 Å². The molecule has 2 aromatic heterocycles. The molecular formula is C30H27BrFN5O2. The number of aromatic nitrogens is 3. The van der Waals surface area contributed by atoms with Gasteiger partial charge in [-0.15, -0.1) is 0 Å². The molecule has 2 heterocycles. The zero-order chi connectivity index (χ0) is 27.7. The standard InChI is InChI=1S/C30H27BrFN5O2/c1-4-18(2)29-35-25-14-13-20(31)15-22(25)30(39)37(29)33-16-23-19(3)36(27-12-8-5-9-21(23)27)17-28(38)34-26-11-7-6-10-24(26)32/h5-16,18H,4,17H2,1-3H3,(H,34,38)/t18-/m0/s1. The van der Waals surface area contributed by atoms with E-state index < -0.39 is 5.82 Å². The number of carbonyl (C=O) groups excluding carboxylic acids is 1. The van der Waals surface area contributed by atoms with E-state index in [1.165, 1.54) is 16.8 Å². The number of nitrogens with zero attached hydrogens (tertiary/aromatic N) is 4. The van der Waals surface area contributed by atoms with E-state index in [1.807, 2.05) is 61.7 Å². The van der Waals surface area contributed by atoms with Gasteiger partial charge in [-0.3, -0.25) is 9.59 Å². The van der Waals surface area contributed by atoms with E-state index in [4.69, 9.17) is 4.98 Å². The van der Waals surface area contributed by atoms with Crippen molar-refractivity contribution in [3.63, 3.8) is 0 Å². The van der Waals surface area contributed by atoms with Crippen LogP contribution in [0.3, 0.4) is 0 Å². The zero-order valence-corrected chi connectivity index (χ0v) is 23.4. The van der Waals surface area contributed by atoms with E-state index in [-0.39, 0.29) is 29.6 Å². The van der Waals surface area contributed by atoms with E-state index in [1.54, 1.807) is 24.4 Å². The summed E-state index contributed by atoms with van der Waals surface area (Å²) in [4.78, 5) is 31.2. The van der Waals surface area contributed by atoms with Crippen LogP contribution in [0.1, 0.15) is 43.3 Å². The fraction of sp³-hybridized carbons (Fsp3) is 0.200. The first kappa shape index (κ1) is 26.5. The summed E-state index contributed by atoms with van der Waals surface area (Å²) in [6.45, 7) is 5.94. The van der Waals surface area contributed by atoms with Crippen molar-refractivity contribution in [3.05, 3.63) is 104 Å². The number of rotatable bonds is 7. The molecule has 0 aliphatic heterocycles. The lowest BCUT2D eigenvalue weighted by Crippen LogP contribution is -2.23. The summed E-state index contributed by atoms with van der Waals surface area (Å²) in [6.07, 6.45) is 2.45. The molecule has 5 aromatic rings. The number of fused-ring (bicyclic) bond motifs is 2. The molecule has 0 bridgehead atoms. The molecule has 0 spiro atoms. The van der Waals surface area contributed by atoms with Crippen LogP contribution in [-0.2, 0) is 11.3 Å². The number of amides is 1. The van der Waals surface area contributed by atoms with Gasteiger partial charge < -0.3 is 9.88 Å². The Morgan fingerprint density at radius 2 is 1.87 bits per heavy atom. The van der Waals surface area contributed by atoms with Gasteiger partial charge in [-0.25, -0.2) is 9.37 Å². The molecule has 0 aliphatic carbocycles. The van der Waals surface area contributed by atoms with E-state index in [9.17, 15) is 14.0 Å². The minimum absolute atomic E-state index is 0.00686. The van der Waals surface area contributed by atoms with Gasteiger partial charge in [0.05, 0.1) is 22.8 Å². The molecule has 3 aromatic carbocycles. The first-order chi connectivity index (χ1) is 18.8. The number of halogens is 2. The van der Waals surface area contributed by atoms with Crippen molar-refractivity contribution in [1.29, 1.82) is 0 Å². The first-order valence-corrected chi connectivity index (χ1v) is 13.5. The number of anilines is 1. The third kappa shape index (κ3) is 5.14. The van der Waals surface area contributed by atoms with E-state index >= 15 is 0 Å². The van der Waals surface area contributed by atoms with Crippen LogP contribution in [-0.4, -0.2) is 26.3 Å². The average molecular weight is 588 g/mol. The first-order valence-electron chi connectivity index (χ1n) is 12.7. The van der Waals surface area contributed by atoms with E-state index in [0.29, 0.717) is 16.7 Å². The fourth-order valence-electron chi connectivity index (χ4n) is 4.61. The molecule has 0 saturated carbocycles. The Labute approximate surface area is 233 Å². The molecule has 0 radical (unpaired) electrons. The van der Waals surface area contributed by atoms with Gasteiger partial charge >= 0.3 is 0 Å². The highest BCUT2D eigenvalue weighted by Gasteiger charge is 2.18. The summed E-state index contributed by atoms with van der Waals surface area (Å²) in [6, 6.07) is 19.2. The Balaban J connectivity index is 1.58. The normalized spacial score (nSPS) is 12.4. The van der Waals surface area contributed by atoms with Crippen LogP contribution in [0.15, 0.2) is 81.1 Å². The van der Waals surface area contributed by atoms with Gasteiger partial charge in [0.15, 0.2) is 0 Å². The molecule has 1 atom stereocenters. The molecule has 1 amide bonds. The molecule has 0 fully saturated rings. The topological polar surface area (TPSA) is 81.3 Å². The van der Waals surface area contributed by atoms with Gasteiger partial charge in [0, 0.05) is 32.6 Å². The van der Waals surface area contributed by atoms with Crippen molar-refractivity contribution in [2.24, 2.45) is 5.10 Å². The van der Waals surface area contributed by atoms with Crippen molar-refractivity contribution in [1.82, 2.24) is 14.2 Å². The molecule has 5 rings (SSSR count). The average Bonchev–Trinajstić information content (AvgIpc) is 3.19. The molecule has 0 unspecified atom stereocenters. The molecule has 7 nitrogen and oxygen atoms in total. The predicted octanol–water partition coefficient (Wildman–Crippen LogP) is 6.60. The highest BCUT2D eigenvalue weighted by atomic mass is 79.9. The Bertz CT molecular complexity index is 1810. The SMILES string of the molecule is CC[C@H](C)c1nc2ccc(Br)cc2c(=O)n1N=Cc1c(C)n(CC(=O)Nc2ccccc2F)c2ccccc12. The lowest BCUT2D eigenvalue weighted by molar-refractivity contribution is -0.116. The summed E-state index contributed by atoms with van der Waals surface area (Å²) < 4.78 is 18.1. The maximum atomic E-state index is 14.1. The minimum Gasteiger partial charge on any atom is -0.335 e. The Morgan fingerprint density at radius 3 is 2.64 bits per heavy atom. The summed E-state index contributed by atoms with van der Waals surface area (Å²) in [5, 5.41) is 8.64. The zero-order valence-electron chi connectivity index (χ0n) is 21.8. The van der Waals surface area contributed by atoms with Crippen LogP contribution in [0.25, 0.3) is 21.8 Å². The predicted molar refractivity (Wildman–Crippen MR) is 157 cm³/mol. The smallest absolute Gasteiger partial charge is 0.282 e. The van der Waals surface area contributed by atoms with Crippen LogP contribution >= 0.6 is 15.9 Å². The Kier molecular flexibility index (Phi) is 7.43. The number of carbonyl (C=O) groups is 1. The third-order valence-corrected chi connectivity index (χ3v) is 7.41. The van der Waals surface area contributed by atoms with Crippen LogP contribution in [0.2, 0.25) is 0 Å². The maximum Gasteiger partial charge on any atom is 0.282 e. The van der Waals surface area contributed by atoms with Gasteiger partial charge in [-0.05, 0) is 49.7 Å². The van der Waals surface area contributed by atoms with Crippen LogP contribution < -0.4 is 10.9 Å². The van der Waals surface area contributed by atoms with Gasteiger partial charge in [0.2, 0.25) is 5.91 Å². The van der Waals surface area contributed by atoms with Crippen LogP contribution in [0.4, 0.5) is 10.1 Å². The molecule has 1 N–H and O–H groups in total. The van der Waals surface area contributed by atoms with Crippen LogP contribution in [0.5, 0.6) is 0 Å². The highest BCUT2D eigenvalue weighted by molar-refractivity contribution is 9.10. The fourth-order valence-corrected chi connectivity index (χ4v) is 4.98. The summed E-state index contributed by atoms with van der Waals surface area (Å²) in [7, 11) is 0. The summed E-state index contributed by atoms with van der Waals surface area (Å²) in [5.74, 6) is -0.259. The lowest BCUT2D eigenvalue weighted by Gasteiger charge is -2.14. The largest absolute Gasteiger partial charge is 0.335 e. The Morgan fingerprint density at radius 1 is 1.13 bits per heavy atom. The molecular weight excluding hydrogens is 561 g/mol. The minimum atomic E-state index is -0.494. The van der Waals surface area contributed by atoms with Crippen molar-refractivity contribution in [2.45, 2.75) is 39.7 Å². The lowest BCUT2D eigenvalue weighted by atomic mass is 10.1. The monoisotopic (exact) mass is 587 g/mol. The highest BCUT2D eigenvalue weighted by Crippen LogP contribution is 2.26. The number of benzene rings is 3. The van der Waals surface area contributed by atoms with Gasteiger partial charge in [-0.1, -0.05) is 60.1 Å². The maximum absolute atomic E-state index is 14.1. The number of hydrogen-bond donors (Lipinski definition) is 1. The van der Waals surface area contributed by atoms with Crippen LogP contribution in [0, 0.1) is 12.7 Å². The van der Waals surface area contributed by atoms with Crippen molar-refractivity contribution < 1.29 is 9.18 Å². The number of para-hydroxylation sites is 2. The molecule has 0 saturated heterocycles. The second-order valence-corrected chi connectivity index (χ2v) is 10.3. The summed E-state index contributed by atoms with van der Waals surface area (Å²) >= 11 is 3.44. The quantitative estimate of drug-likeness (QED) is 0.218. The Hall–Kier alpha value is -4.11. The van der Waals surface area contributed by atoms with E-state index in [0.717, 1.165) is 33.1 Å². The van der Waals surface area contributed by atoms with Gasteiger partial charge in [0.25, 0.3) is 5.56 Å². The molecule has 39 heavy (non-hydrogen) atoms. The summed E-state index contributed by atoms with van der Waals surface area (Å²) in [5.41, 5.74) is 2.90. The molecule has 9 heteroatoms. The molecule has 0 aliphatic rings. The third-order valence-electron chi connectivity index (χ3n) is 6.92. The second-order valence-electron chi connectivity index (χ2n) is 9.43. The number of hydrogen-bond acceptors (Lipinski definition) is 4. The van der Waals surface area contributed by atoms with Crippen molar-refractivity contribution in [3.8, 4) is 0 Å². The van der Waals surface area contributed by atoms with Gasteiger partial charge in [-0.2, -0.15) is 9.78 Å².